The summed E-state index contributed by atoms with van der Waals surface area (Å²) in [5.74, 6) is -3.45. The average molecular weight is 2030 g/mol. The maximum absolute atomic E-state index is 13.8. The summed E-state index contributed by atoms with van der Waals surface area (Å²) in [5.41, 5.74) is -16.9. The number of alkyl halides is 27. The van der Waals surface area contributed by atoms with Gasteiger partial charge in [0.15, 0.2) is 0 Å². The molecule has 0 amide bonds. The highest BCUT2D eigenvalue weighted by Crippen LogP contribution is 2.67. The van der Waals surface area contributed by atoms with Crippen molar-refractivity contribution in [3.8, 4) is 0 Å². The van der Waals surface area contributed by atoms with Crippen LogP contribution in [0.15, 0.2) is 0 Å². The second-order valence-corrected chi connectivity index (χ2v) is 45.3. The largest absolute Gasteiger partial charge is 0.395 e. The van der Waals surface area contributed by atoms with Crippen molar-refractivity contribution in [3.05, 3.63) is 0 Å². The van der Waals surface area contributed by atoms with E-state index < -0.39 is 138 Å². The van der Waals surface area contributed by atoms with E-state index in [1.165, 1.54) is 62.3 Å². The summed E-state index contributed by atoms with van der Waals surface area (Å²) in [5, 5.41) is 0. The van der Waals surface area contributed by atoms with Gasteiger partial charge in [-0.15, -0.1) is 0 Å². The van der Waals surface area contributed by atoms with Gasteiger partial charge in [-0.05, 0) is 188 Å². The van der Waals surface area contributed by atoms with E-state index in [9.17, 15) is 119 Å². The maximum Gasteiger partial charge on any atom is 0.395 e. The molecule has 0 aliphatic heterocycles. The van der Waals surface area contributed by atoms with Crippen molar-refractivity contribution in [1.82, 2.24) is 0 Å². The first-order chi connectivity index (χ1) is 60.2. The molecule has 0 nitrogen and oxygen atoms in total. The molecule has 0 bridgehead atoms. The molecule has 0 rings (SSSR count). The Hall–Kier alpha value is -1.89. The van der Waals surface area contributed by atoms with Crippen LogP contribution in [0.4, 0.5) is 119 Å². The van der Waals surface area contributed by atoms with Crippen molar-refractivity contribution < 1.29 is 119 Å². The molecule has 0 aliphatic carbocycles. The normalized spacial score (nSPS) is 16.5. The Bertz CT molecular complexity index is 2920. The van der Waals surface area contributed by atoms with Crippen LogP contribution in [0, 0.1) is 159 Å². The minimum Gasteiger partial charge on any atom is -0.171 e. The van der Waals surface area contributed by atoms with Crippen LogP contribution >= 0.6 is 0 Å². The maximum atomic E-state index is 13.8. The second-order valence-electron chi connectivity index (χ2n) is 45.3. The van der Waals surface area contributed by atoms with Gasteiger partial charge in [0.25, 0.3) is 0 Å². The zero-order valence-corrected chi connectivity index (χ0v) is 95.4. The molecule has 0 aromatic carbocycles. The summed E-state index contributed by atoms with van der Waals surface area (Å²) in [4.78, 5) is 0. The van der Waals surface area contributed by atoms with Gasteiger partial charge in [-0.2, -0.15) is 119 Å². The van der Waals surface area contributed by atoms with Gasteiger partial charge in [-0.1, -0.05) is 410 Å². The molecule has 0 spiro atoms. The van der Waals surface area contributed by atoms with E-state index in [1.807, 2.05) is 187 Å². The number of halogens is 27. The molecule has 0 radical (unpaired) electrons. The van der Waals surface area contributed by atoms with Crippen LogP contribution in [0.5, 0.6) is 0 Å². The van der Waals surface area contributed by atoms with Gasteiger partial charge in [0, 0.05) is 0 Å². The van der Waals surface area contributed by atoms with Gasteiger partial charge < -0.3 is 0 Å². The Morgan fingerprint density at radius 1 is 0.176 bits per heavy atom. The fourth-order valence-electron chi connectivity index (χ4n) is 23.2. The lowest BCUT2D eigenvalue weighted by Crippen LogP contribution is -2.57. The molecule has 0 unspecified atom stereocenters. The minimum atomic E-state index is -4.17. The molecular formula is C109H209F27. The fourth-order valence-corrected chi connectivity index (χ4v) is 23.2. The van der Waals surface area contributed by atoms with Crippen LogP contribution in [-0.2, 0) is 0 Å². The Kier molecular flexibility index (Phi) is 66.7. The van der Waals surface area contributed by atoms with E-state index >= 15 is 0 Å². The summed E-state index contributed by atoms with van der Waals surface area (Å²) < 4.78 is 356. The molecule has 0 fully saturated rings. The highest BCUT2D eigenvalue weighted by Gasteiger charge is 2.69. The van der Waals surface area contributed by atoms with E-state index in [1.54, 1.807) is 96.9 Å². The van der Waals surface area contributed by atoms with Crippen LogP contribution in [-0.4, -0.2) is 55.6 Å². The summed E-state index contributed by atoms with van der Waals surface area (Å²) in [6, 6.07) is 0. The molecule has 27 heteroatoms. The summed E-state index contributed by atoms with van der Waals surface area (Å²) in [6.07, 6.45) is -25.4. The summed E-state index contributed by atoms with van der Waals surface area (Å²) >= 11 is 0. The molecular weight excluding hydrogens is 1820 g/mol. The number of hydrogen-bond donors (Lipinski definition) is 0. The van der Waals surface area contributed by atoms with Gasteiger partial charge in [0.2, 0.25) is 0 Å². The Labute approximate surface area is 817 Å². The third kappa shape index (κ3) is 36.6. The molecule has 0 aliphatic rings. The second kappa shape index (κ2) is 59.8. The third-order valence-electron chi connectivity index (χ3n) is 36.7. The van der Waals surface area contributed by atoms with E-state index in [4.69, 9.17) is 0 Å². The molecule has 136 heavy (non-hydrogen) atoms. The van der Waals surface area contributed by atoms with Crippen LogP contribution in [0.1, 0.15) is 487 Å². The van der Waals surface area contributed by atoms with Crippen LogP contribution < -0.4 is 0 Å². The van der Waals surface area contributed by atoms with Crippen LogP contribution in [0.3, 0.4) is 0 Å². The van der Waals surface area contributed by atoms with Crippen molar-refractivity contribution in [2.75, 3.05) is 0 Å². The van der Waals surface area contributed by atoms with Gasteiger partial charge in [0.1, 0.15) is 0 Å². The van der Waals surface area contributed by atoms with Gasteiger partial charge in [-0.25, -0.2) is 0 Å². The van der Waals surface area contributed by atoms with Crippen molar-refractivity contribution in [3.63, 3.8) is 0 Å². The molecule has 0 N–H and O–H groups in total. The average Bonchev–Trinajstić information content (AvgIpc) is 0.717. The van der Waals surface area contributed by atoms with Gasteiger partial charge in [0.05, 0.1) is 48.7 Å². The topological polar surface area (TPSA) is 0 Å². The molecule has 0 saturated heterocycles. The first kappa shape index (κ1) is 152. The molecule has 834 valence electrons. The van der Waals surface area contributed by atoms with Crippen LogP contribution in [0.25, 0.3) is 0 Å². The predicted octanol–water partition coefficient (Wildman–Crippen LogP) is 45.6. The highest BCUT2D eigenvalue weighted by atomic mass is 19.4. The smallest absolute Gasteiger partial charge is 0.171 e. The number of hydrogen-bond acceptors (Lipinski definition) is 0. The molecule has 0 heterocycles. The highest BCUT2D eigenvalue weighted by molar-refractivity contribution is 5.06. The summed E-state index contributed by atoms with van der Waals surface area (Å²) in [7, 11) is 0. The lowest BCUT2D eigenvalue weighted by molar-refractivity contribution is -0.301. The Balaban J connectivity index is -0.000000191. The predicted molar refractivity (Wildman–Crippen MR) is 524 cm³/mol. The standard InChI is InChI=1S/C15H29F3.3C13H25F3.2C12H23F3.2C11H21F3.C9H17F3/c1-8-12(5,9-2)14(7,15(16,17)18)13(6,10-3)11-4;1-8(2)11(9(3)4)12(7,10(5)6)13(14,15)16;1-7-8-12(6,13(14,15)16)11(9(2)3)10(4)5;1-6-10(7-2)12(5,13(14,15)16)11(8-3)9-4;1-7-10(5,8-2)11(6,9(3)4)12(13,14)15;1-6-9-11(5,12(13,14)15)10(4,7-2)8-3;1-6-9(7-2)10(5,8(3)4)11(12,13)14;1-5-8-10(4,11(12,13)14)9(6-2)7-3;1-6(2)8(5,7(3)4)9(10,11)12/h8-11H2,1-7H3;8-11H,1-7H3;9-11H,7-8H2,1-6H3;10-11H,6-9H2,1-5H3;9H,7-8H2,1-6H3;6-9H2,1-5H3;8-9H,6-7H2,1-5H3;9H,5-8H2,1-4H3;6-7H,1-5H3/t;2*12-;;2*11-;2*10-;/m.00.0000./s1. The first-order valence-electron chi connectivity index (χ1n) is 51.8. The zero-order chi connectivity index (χ0) is 112. The van der Waals surface area contributed by atoms with E-state index in [-0.39, 0.29) is 96.2 Å². The minimum absolute atomic E-state index is 0.0361. The summed E-state index contributed by atoms with van der Waals surface area (Å²) in [6.45, 7) is 86.2. The quantitative estimate of drug-likeness (QED) is 0.0535. The van der Waals surface area contributed by atoms with Crippen molar-refractivity contribution in [2.24, 2.45) is 159 Å². The van der Waals surface area contributed by atoms with Crippen LogP contribution in [0.2, 0.25) is 0 Å². The van der Waals surface area contributed by atoms with Gasteiger partial charge in [-0.3, -0.25) is 0 Å². The monoisotopic (exact) mass is 2030 g/mol. The van der Waals surface area contributed by atoms with E-state index in [0.717, 1.165) is 0 Å². The number of rotatable bonds is 41. The van der Waals surface area contributed by atoms with Crippen molar-refractivity contribution >= 4 is 0 Å². The van der Waals surface area contributed by atoms with E-state index in [0.29, 0.717) is 122 Å². The zero-order valence-electron chi connectivity index (χ0n) is 95.4. The molecule has 0 aromatic heterocycles. The van der Waals surface area contributed by atoms with E-state index in [2.05, 4.69) is 0 Å². The lowest BCUT2D eigenvalue weighted by Gasteiger charge is -2.57. The first-order valence-corrected chi connectivity index (χ1v) is 51.8. The van der Waals surface area contributed by atoms with Gasteiger partial charge >= 0.3 is 55.6 Å². The molecule has 0 aromatic rings. The third-order valence-corrected chi connectivity index (χ3v) is 36.7. The fraction of sp³-hybridized carbons (Fsp3) is 1.00. The Morgan fingerprint density at radius 2 is 0.390 bits per heavy atom. The lowest BCUT2D eigenvalue weighted by atomic mass is 9.49. The van der Waals surface area contributed by atoms with Crippen molar-refractivity contribution in [2.45, 2.75) is 543 Å². The molecule has 6 atom stereocenters. The van der Waals surface area contributed by atoms with Crippen molar-refractivity contribution in [1.29, 1.82) is 0 Å². The Morgan fingerprint density at radius 3 is 0.507 bits per heavy atom. The SMILES string of the molecule is CC(C)C(C(C)C)[C@](C)(C(C)C)C(F)(F)F.CC(C)C(C)(C(C)C)C(F)(F)F.CCC(C)(CC)C(C)(C(F)(F)F)C(C)(CC)CC.CCC(C)(CC)[C@](C)(C(C)C)C(F)(F)F.CCC(CC)C(C)(C(CC)CC)C(F)(F)F.CCC(CC)[C@](C)(C(C)C)C(F)(F)F.CCC[C@@](C)(C(C(C)C)C(C)C)C(F)(F)F.CCC[C@@](C)(C(CC)CC)C(F)(F)F.CCC[C@](C)(C(F)(F)F)C(C)(CC)CC. The molecule has 0 saturated carbocycles.